The van der Waals surface area contributed by atoms with Gasteiger partial charge in [0.1, 0.15) is 16.9 Å². The lowest BCUT2D eigenvalue weighted by Crippen LogP contribution is -2.48. The molecule has 4 heterocycles. The van der Waals surface area contributed by atoms with Crippen LogP contribution in [0, 0.1) is 11.8 Å². The van der Waals surface area contributed by atoms with E-state index in [1.165, 1.54) is 0 Å². The summed E-state index contributed by atoms with van der Waals surface area (Å²) < 4.78 is 21.6. The average molecular weight is 575 g/mol. The van der Waals surface area contributed by atoms with Gasteiger partial charge in [-0.1, -0.05) is 6.92 Å². The van der Waals surface area contributed by atoms with Gasteiger partial charge in [0.25, 0.3) is 5.91 Å². The number of aromatic nitrogens is 4. The summed E-state index contributed by atoms with van der Waals surface area (Å²) in [6, 6.07) is 9.80. The Bertz CT molecular complexity index is 1630. The minimum atomic E-state index is -0.101. The van der Waals surface area contributed by atoms with E-state index in [2.05, 4.69) is 36.0 Å². The van der Waals surface area contributed by atoms with Crippen LogP contribution in [0.2, 0.25) is 0 Å². The Morgan fingerprint density at radius 1 is 1.07 bits per heavy atom. The van der Waals surface area contributed by atoms with E-state index in [9.17, 15) is 4.79 Å². The summed E-state index contributed by atoms with van der Waals surface area (Å²) in [6.45, 7) is 9.13. The van der Waals surface area contributed by atoms with Crippen molar-refractivity contribution in [3.8, 4) is 23.1 Å². The van der Waals surface area contributed by atoms with Gasteiger partial charge in [0.2, 0.25) is 5.88 Å². The molecular formula is C32H42N6O4. The number of amides is 1. The summed E-state index contributed by atoms with van der Waals surface area (Å²) in [6.07, 6.45) is 2.85. The first-order valence-corrected chi connectivity index (χ1v) is 14.9. The summed E-state index contributed by atoms with van der Waals surface area (Å²) >= 11 is 0. The molecule has 1 amide bonds. The number of rotatable bonds is 8. The fourth-order valence-corrected chi connectivity index (χ4v) is 7.08. The number of nitrogens with two attached hydrogens (primary N) is 1. The van der Waals surface area contributed by atoms with Gasteiger partial charge < -0.3 is 34.0 Å². The van der Waals surface area contributed by atoms with Crippen LogP contribution in [-0.4, -0.2) is 76.0 Å². The number of benzene rings is 1. The first-order chi connectivity index (χ1) is 20.2. The van der Waals surface area contributed by atoms with Crippen molar-refractivity contribution in [1.82, 2.24) is 24.0 Å². The number of carbonyl (C=O) groups is 1. The van der Waals surface area contributed by atoms with Crippen molar-refractivity contribution >= 4 is 28.0 Å². The number of nitrogens with zero attached hydrogens (tertiary/aromatic N) is 5. The van der Waals surface area contributed by atoms with Gasteiger partial charge in [0.15, 0.2) is 5.82 Å². The number of imidazole rings is 1. The van der Waals surface area contributed by atoms with Crippen LogP contribution in [0.1, 0.15) is 50.4 Å². The smallest absolute Gasteiger partial charge is 0.254 e. The Hall–Kier alpha value is -3.63. The number of likely N-dealkylation sites (tertiary alicyclic amines) is 1. The lowest BCUT2D eigenvalue weighted by molar-refractivity contribution is -0.0937. The van der Waals surface area contributed by atoms with E-state index >= 15 is 0 Å². The molecule has 42 heavy (non-hydrogen) atoms. The number of fused-ring (bicyclic) bond motifs is 2. The molecule has 10 heteroatoms. The van der Waals surface area contributed by atoms with Gasteiger partial charge in [-0.2, -0.15) is 4.98 Å². The summed E-state index contributed by atoms with van der Waals surface area (Å²) in [5, 5.41) is 1.01. The predicted molar refractivity (Wildman–Crippen MR) is 163 cm³/mol. The molecule has 1 aromatic carbocycles. The largest absolute Gasteiger partial charge is 0.494 e. The molecule has 3 aromatic heterocycles. The maximum atomic E-state index is 13.7. The van der Waals surface area contributed by atoms with Crippen LogP contribution in [0.3, 0.4) is 0 Å². The Morgan fingerprint density at radius 3 is 2.52 bits per heavy atom. The third-order valence-electron chi connectivity index (χ3n) is 9.10. The molecule has 1 aliphatic carbocycles. The van der Waals surface area contributed by atoms with Gasteiger partial charge in [0, 0.05) is 56.3 Å². The Kier molecular flexibility index (Phi) is 7.39. The average Bonchev–Trinajstić information content (AvgIpc) is 3.51. The molecular weight excluding hydrogens is 532 g/mol. The van der Waals surface area contributed by atoms with E-state index in [0.717, 1.165) is 59.4 Å². The monoisotopic (exact) mass is 574 g/mol. The normalized spacial score (nSPS) is 24.3. The quantitative estimate of drug-likeness (QED) is 0.324. The molecule has 0 bridgehead atoms. The van der Waals surface area contributed by atoms with Crippen molar-refractivity contribution in [3.05, 3.63) is 35.9 Å². The third-order valence-corrected chi connectivity index (χ3v) is 9.10. The summed E-state index contributed by atoms with van der Waals surface area (Å²) in [7, 11) is 5.07. The second-order valence-corrected chi connectivity index (χ2v) is 12.4. The number of hydrogen-bond acceptors (Lipinski definition) is 7. The zero-order chi connectivity index (χ0) is 29.8. The number of methoxy groups -OCH3 is 3. The molecule has 2 N–H and O–H groups in total. The number of hydrogen-bond donors (Lipinski definition) is 1. The van der Waals surface area contributed by atoms with Crippen LogP contribution in [0.4, 0.5) is 0 Å². The van der Waals surface area contributed by atoms with E-state index < -0.39 is 0 Å². The second-order valence-electron chi connectivity index (χ2n) is 12.4. The van der Waals surface area contributed by atoms with E-state index in [1.807, 2.05) is 29.2 Å². The van der Waals surface area contributed by atoms with E-state index in [-0.39, 0.29) is 17.6 Å². The molecule has 6 rings (SSSR count). The summed E-state index contributed by atoms with van der Waals surface area (Å²) in [4.78, 5) is 25.5. The van der Waals surface area contributed by atoms with Crippen molar-refractivity contribution in [2.45, 2.75) is 64.8 Å². The Balaban J connectivity index is 1.50. The standard InChI is InChI=1S/C32H42N6O4/c1-7-37-25(12-21-8-9-27(41-5)35-29(21)37)30-34-24-11-22(31(39)36-16-19(2)10-23(33)18-36)13-26(40-4)28(24)38(30)17-20-14-32(3,15-20)42-6/h8-9,11-13,19-20,23H,7,10,14-18,33H2,1-6H3/t19-,20?,23?,32?/m1/s1. The van der Waals surface area contributed by atoms with Crippen LogP contribution in [0.25, 0.3) is 33.6 Å². The molecule has 4 aromatic rings. The fraction of sp³-hybridized carbons (Fsp3) is 0.531. The van der Waals surface area contributed by atoms with E-state index in [4.69, 9.17) is 29.9 Å². The van der Waals surface area contributed by atoms with Crippen molar-refractivity contribution in [3.63, 3.8) is 0 Å². The number of aryl methyl sites for hydroxylation is 1. The third kappa shape index (κ3) is 4.90. The van der Waals surface area contributed by atoms with Gasteiger partial charge >= 0.3 is 0 Å². The predicted octanol–water partition coefficient (Wildman–Crippen LogP) is 4.71. The number of pyridine rings is 1. The zero-order valence-electron chi connectivity index (χ0n) is 25.5. The van der Waals surface area contributed by atoms with Crippen LogP contribution in [-0.2, 0) is 17.8 Å². The molecule has 1 saturated carbocycles. The molecule has 0 spiro atoms. The van der Waals surface area contributed by atoms with Crippen molar-refractivity contribution in [2.24, 2.45) is 17.6 Å². The van der Waals surface area contributed by atoms with E-state index in [0.29, 0.717) is 48.7 Å². The van der Waals surface area contributed by atoms with Gasteiger partial charge in [-0.3, -0.25) is 4.79 Å². The van der Waals surface area contributed by atoms with Crippen molar-refractivity contribution in [1.29, 1.82) is 0 Å². The highest BCUT2D eigenvalue weighted by Crippen LogP contribution is 2.43. The summed E-state index contributed by atoms with van der Waals surface area (Å²) in [5.74, 6) is 2.77. The minimum absolute atomic E-state index is 0.0161. The van der Waals surface area contributed by atoms with Gasteiger partial charge in [-0.15, -0.1) is 0 Å². The highest BCUT2D eigenvalue weighted by atomic mass is 16.5. The minimum Gasteiger partial charge on any atom is -0.494 e. The Morgan fingerprint density at radius 2 is 1.86 bits per heavy atom. The van der Waals surface area contributed by atoms with Gasteiger partial charge in [-0.25, -0.2) is 4.98 Å². The molecule has 1 aliphatic heterocycles. The topological polar surface area (TPSA) is 110 Å². The SMILES string of the molecule is CCn1c(-c2nc3cc(C(=O)N4CC(N)C[C@@H](C)C4)cc(OC)c3n2CC2CC(C)(OC)C2)cc2ccc(OC)nc21. The molecule has 2 aliphatic rings. The van der Waals surface area contributed by atoms with Crippen LogP contribution in [0.5, 0.6) is 11.6 Å². The van der Waals surface area contributed by atoms with E-state index in [1.54, 1.807) is 21.3 Å². The first kappa shape index (κ1) is 28.5. The van der Waals surface area contributed by atoms with Gasteiger partial charge in [0.05, 0.1) is 31.0 Å². The molecule has 2 atom stereocenters. The molecule has 1 unspecified atom stereocenters. The molecule has 1 saturated heterocycles. The first-order valence-electron chi connectivity index (χ1n) is 14.9. The van der Waals surface area contributed by atoms with Crippen molar-refractivity contribution < 1.29 is 19.0 Å². The molecule has 0 radical (unpaired) electrons. The maximum Gasteiger partial charge on any atom is 0.254 e. The highest BCUT2D eigenvalue weighted by Gasteiger charge is 2.41. The lowest BCUT2D eigenvalue weighted by atomic mass is 9.72. The zero-order valence-corrected chi connectivity index (χ0v) is 25.5. The molecule has 10 nitrogen and oxygen atoms in total. The van der Waals surface area contributed by atoms with Crippen LogP contribution >= 0.6 is 0 Å². The Labute approximate surface area is 246 Å². The van der Waals surface area contributed by atoms with Crippen molar-refractivity contribution in [2.75, 3.05) is 34.4 Å². The fourth-order valence-electron chi connectivity index (χ4n) is 7.08. The maximum absolute atomic E-state index is 13.7. The van der Waals surface area contributed by atoms with Crippen LogP contribution in [0.15, 0.2) is 30.3 Å². The number of piperidine rings is 1. The highest BCUT2D eigenvalue weighted by molar-refractivity contribution is 6.00. The lowest BCUT2D eigenvalue weighted by Gasteiger charge is -2.44. The number of ether oxygens (including phenoxy) is 3. The summed E-state index contributed by atoms with van der Waals surface area (Å²) in [5.41, 5.74) is 10.2. The van der Waals surface area contributed by atoms with Crippen LogP contribution < -0.4 is 15.2 Å². The van der Waals surface area contributed by atoms with Gasteiger partial charge in [-0.05, 0) is 69.2 Å². The second kappa shape index (κ2) is 10.9. The number of carbonyl (C=O) groups excluding carboxylic acids is 1. The molecule has 2 fully saturated rings. The molecule has 224 valence electrons.